The molecule has 0 aliphatic rings. The first kappa shape index (κ1) is 18.8. The maximum Gasteiger partial charge on any atom is 0.259 e. The van der Waals surface area contributed by atoms with Gasteiger partial charge in [-0.2, -0.15) is 0 Å². The summed E-state index contributed by atoms with van der Waals surface area (Å²) in [6.07, 6.45) is 1.10. The van der Waals surface area contributed by atoms with Crippen molar-refractivity contribution in [2.45, 2.75) is 13.8 Å². The second-order valence-electron chi connectivity index (χ2n) is 5.89. The number of aryl methyl sites for hydroxylation is 2. The van der Waals surface area contributed by atoms with Gasteiger partial charge in [-0.3, -0.25) is 9.10 Å². The SMILES string of the molecule is COc1ccc(N(C)S(C)(=O)=O)cc1C(=O)Nc1ccc(C)cc1C. The molecule has 0 saturated carbocycles. The molecule has 0 aliphatic heterocycles. The Morgan fingerprint density at radius 1 is 1.12 bits per heavy atom. The second kappa shape index (κ2) is 7.14. The smallest absolute Gasteiger partial charge is 0.259 e. The number of nitrogens with one attached hydrogen (secondary N) is 1. The standard InChI is InChI=1S/C18H22N2O4S/c1-12-6-8-16(13(2)10-12)19-18(21)15-11-14(7-9-17(15)24-4)20(3)25(5,22)23/h6-11H,1-5H3,(H,19,21). The van der Waals surface area contributed by atoms with Gasteiger partial charge in [-0.05, 0) is 43.7 Å². The van der Waals surface area contributed by atoms with Crippen LogP contribution in [0.1, 0.15) is 21.5 Å². The van der Waals surface area contributed by atoms with Crippen molar-refractivity contribution in [3.63, 3.8) is 0 Å². The van der Waals surface area contributed by atoms with Crippen LogP contribution >= 0.6 is 0 Å². The molecule has 0 fully saturated rings. The third kappa shape index (κ3) is 4.30. The highest BCUT2D eigenvalue weighted by molar-refractivity contribution is 7.92. The van der Waals surface area contributed by atoms with Gasteiger partial charge >= 0.3 is 0 Å². The highest BCUT2D eigenvalue weighted by atomic mass is 32.2. The molecule has 0 heterocycles. The third-order valence-corrected chi connectivity index (χ3v) is 5.12. The molecule has 0 aromatic heterocycles. The fourth-order valence-electron chi connectivity index (χ4n) is 2.40. The average molecular weight is 362 g/mol. The number of carbonyl (C=O) groups is 1. The van der Waals surface area contributed by atoms with E-state index in [2.05, 4.69) is 5.32 Å². The summed E-state index contributed by atoms with van der Waals surface area (Å²) in [5.41, 5.74) is 3.38. The fourth-order valence-corrected chi connectivity index (χ4v) is 2.90. The molecule has 0 bridgehead atoms. The molecule has 25 heavy (non-hydrogen) atoms. The van der Waals surface area contributed by atoms with Crippen LogP contribution in [-0.4, -0.2) is 34.7 Å². The maximum absolute atomic E-state index is 12.7. The number of carbonyl (C=O) groups excluding carboxylic acids is 1. The predicted octanol–water partition coefficient (Wildman–Crippen LogP) is 2.96. The monoisotopic (exact) mass is 362 g/mol. The fraction of sp³-hybridized carbons (Fsp3) is 0.278. The van der Waals surface area contributed by atoms with Crippen molar-refractivity contribution in [3.05, 3.63) is 53.1 Å². The van der Waals surface area contributed by atoms with Gasteiger partial charge in [0.2, 0.25) is 10.0 Å². The number of ether oxygens (including phenoxy) is 1. The van der Waals surface area contributed by atoms with Crippen LogP contribution in [0.4, 0.5) is 11.4 Å². The van der Waals surface area contributed by atoms with Crippen LogP contribution in [0, 0.1) is 13.8 Å². The number of rotatable bonds is 5. The van der Waals surface area contributed by atoms with E-state index in [0.717, 1.165) is 21.7 Å². The van der Waals surface area contributed by atoms with Crippen LogP contribution in [0.25, 0.3) is 0 Å². The Bertz CT molecular complexity index is 907. The summed E-state index contributed by atoms with van der Waals surface area (Å²) < 4.78 is 29.8. The minimum atomic E-state index is -3.43. The van der Waals surface area contributed by atoms with Crippen molar-refractivity contribution >= 4 is 27.3 Å². The molecule has 2 aromatic rings. The van der Waals surface area contributed by atoms with Crippen LogP contribution in [0.3, 0.4) is 0 Å². The number of amides is 1. The molecule has 7 heteroatoms. The number of sulfonamides is 1. The Hall–Kier alpha value is -2.54. The van der Waals surface area contributed by atoms with Gasteiger partial charge in [0, 0.05) is 12.7 Å². The Labute approximate surface area is 148 Å². The molecule has 0 spiro atoms. The normalized spacial score (nSPS) is 11.1. The first-order chi connectivity index (χ1) is 11.6. The maximum atomic E-state index is 12.7. The Morgan fingerprint density at radius 2 is 1.80 bits per heavy atom. The van der Waals surface area contributed by atoms with Crippen LogP contribution in [-0.2, 0) is 10.0 Å². The number of benzene rings is 2. The van der Waals surface area contributed by atoms with Crippen LogP contribution < -0.4 is 14.4 Å². The molecule has 1 amide bonds. The van der Waals surface area contributed by atoms with Crippen LogP contribution in [0.15, 0.2) is 36.4 Å². The van der Waals surface area contributed by atoms with Gasteiger partial charge in [-0.1, -0.05) is 17.7 Å². The van der Waals surface area contributed by atoms with Crippen molar-refractivity contribution in [1.82, 2.24) is 0 Å². The minimum absolute atomic E-state index is 0.260. The van der Waals surface area contributed by atoms with Gasteiger partial charge in [0.1, 0.15) is 5.75 Å². The van der Waals surface area contributed by atoms with Crippen molar-refractivity contribution < 1.29 is 17.9 Å². The minimum Gasteiger partial charge on any atom is -0.496 e. The van der Waals surface area contributed by atoms with Crippen molar-refractivity contribution in [3.8, 4) is 5.75 Å². The van der Waals surface area contributed by atoms with Gasteiger partial charge in [0.15, 0.2) is 0 Å². The molecule has 0 atom stereocenters. The summed E-state index contributed by atoms with van der Waals surface area (Å²) in [5, 5.41) is 2.85. The van der Waals surface area contributed by atoms with E-state index in [9.17, 15) is 13.2 Å². The molecule has 0 unspecified atom stereocenters. The van der Waals surface area contributed by atoms with Gasteiger partial charge < -0.3 is 10.1 Å². The highest BCUT2D eigenvalue weighted by Gasteiger charge is 2.18. The zero-order valence-electron chi connectivity index (χ0n) is 15.0. The average Bonchev–Trinajstić information content (AvgIpc) is 2.55. The number of hydrogen-bond acceptors (Lipinski definition) is 4. The lowest BCUT2D eigenvalue weighted by Crippen LogP contribution is -2.25. The lowest BCUT2D eigenvalue weighted by atomic mass is 10.1. The van der Waals surface area contributed by atoms with Crippen molar-refractivity contribution in [2.24, 2.45) is 0 Å². The van der Waals surface area contributed by atoms with Crippen molar-refractivity contribution in [2.75, 3.05) is 30.0 Å². The van der Waals surface area contributed by atoms with E-state index in [1.165, 1.54) is 20.2 Å². The van der Waals surface area contributed by atoms with E-state index in [-0.39, 0.29) is 11.5 Å². The summed E-state index contributed by atoms with van der Waals surface area (Å²) in [4.78, 5) is 12.7. The number of hydrogen-bond donors (Lipinski definition) is 1. The van der Waals surface area contributed by atoms with E-state index in [4.69, 9.17) is 4.74 Å². The molecule has 0 radical (unpaired) electrons. The highest BCUT2D eigenvalue weighted by Crippen LogP contribution is 2.27. The number of anilines is 2. The summed E-state index contributed by atoms with van der Waals surface area (Å²) in [5.74, 6) is 0.000435. The first-order valence-corrected chi connectivity index (χ1v) is 9.49. The number of methoxy groups -OCH3 is 1. The summed E-state index contributed by atoms with van der Waals surface area (Å²) in [7, 11) is -0.532. The molecule has 134 valence electrons. The Morgan fingerprint density at radius 3 is 2.36 bits per heavy atom. The molecule has 2 aromatic carbocycles. The zero-order valence-corrected chi connectivity index (χ0v) is 15.8. The predicted molar refractivity (Wildman–Crippen MR) is 100 cm³/mol. The lowest BCUT2D eigenvalue weighted by Gasteiger charge is -2.19. The summed E-state index contributed by atoms with van der Waals surface area (Å²) in [6, 6.07) is 10.4. The van der Waals surface area contributed by atoms with Crippen LogP contribution in [0.5, 0.6) is 5.75 Å². The zero-order chi connectivity index (χ0) is 18.8. The molecule has 2 rings (SSSR count). The summed E-state index contributed by atoms with van der Waals surface area (Å²) in [6.45, 7) is 3.89. The molecular formula is C18H22N2O4S. The molecule has 0 aliphatic carbocycles. The van der Waals surface area contributed by atoms with Gasteiger partial charge in [-0.15, -0.1) is 0 Å². The number of nitrogens with zero attached hydrogens (tertiary/aromatic N) is 1. The van der Waals surface area contributed by atoms with Gasteiger partial charge in [-0.25, -0.2) is 8.42 Å². The molecule has 0 saturated heterocycles. The Kier molecular flexibility index (Phi) is 5.37. The molecular weight excluding hydrogens is 340 g/mol. The van der Waals surface area contributed by atoms with E-state index in [1.807, 2.05) is 32.0 Å². The van der Waals surface area contributed by atoms with E-state index in [0.29, 0.717) is 17.1 Å². The Balaban J connectivity index is 2.40. The largest absolute Gasteiger partial charge is 0.496 e. The van der Waals surface area contributed by atoms with Gasteiger partial charge in [0.05, 0.1) is 24.6 Å². The molecule has 1 N–H and O–H groups in total. The lowest BCUT2D eigenvalue weighted by molar-refractivity contribution is 0.102. The quantitative estimate of drug-likeness (QED) is 0.887. The second-order valence-corrected chi connectivity index (χ2v) is 7.90. The van der Waals surface area contributed by atoms with E-state index < -0.39 is 10.0 Å². The van der Waals surface area contributed by atoms with Gasteiger partial charge in [0.25, 0.3) is 5.91 Å². The first-order valence-electron chi connectivity index (χ1n) is 7.64. The van der Waals surface area contributed by atoms with Crippen molar-refractivity contribution in [1.29, 1.82) is 0 Å². The third-order valence-electron chi connectivity index (χ3n) is 3.92. The molecule has 6 nitrogen and oxygen atoms in total. The van der Waals surface area contributed by atoms with E-state index in [1.54, 1.807) is 12.1 Å². The summed E-state index contributed by atoms with van der Waals surface area (Å²) >= 11 is 0. The van der Waals surface area contributed by atoms with E-state index >= 15 is 0 Å². The van der Waals surface area contributed by atoms with Crippen LogP contribution in [0.2, 0.25) is 0 Å². The topological polar surface area (TPSA) is 75.7 Å².